The third kappa shape index (κ3) is 3.21. The largest absolute Gasteiger partial charge is 0.354 e. The minimum absolute atomic E-state index is 0.190. The second-order valence-corrected chi connectivity index (χ2v) is 5.72. The topological polar surface area (TPSA) is 37.8 Å². The standard InChI is InChI=1S/C13H16ClN3S/c1-8(2)12-16-13(18-17-12)15-9(3)10-4-6-11(14)7-5-10/h4-9H,1-3H3,(H,15,16,17). The summed E-state index contributed by atoms with van der Waals surface area (Å²) < 4.78 is 4.32. The van der Waals surface area contributed by atoms with Gasteiger partial charge in [0.15, 0.2) is 0 Å². The summed E-state index contributed by atoms with van der Waals surface area (Å²) in [4.78, 5) is 4.46. The molecule has 1 atom stereocenters. The maximum Gasteiger partial charge on any atom is 0.203 e. The Morgan fingerprint density at radius 2 is 1.83 bits per heavy atom. The Balaban J connectivity index is 2.06. The average molecular weight is 282 g/mol. The van der Waals surface area contributed by atoms with Crippen molar-refractivity contribution in [3.8, 4) is 0 Å². The Morgan fingerprint density at radius 1 is 1.17 bits per heavy atom. The highest BCUT2D eigenvalue weighted by Gasteiger charge is 2.11. The molecule has 5 heteroatoms. The lowest BCUT2D eigenvalue weighted by Gasteiger charge is -2.12. The van der Waals surface area contributed by atoms with E-state index in [2.05, 4.69) is 35.4 Å². The van der Waals surface area contributed by atoms with Gasteiger partial charge in [-0.2, -0.15) is 4.37 Å². The molecule has 0 aliphatic heterocycles. The van der Waals surface area contributed by atoms with Crippen LogP contribution in [-0.4, -0.2) is 9.36 Å². The number of benzene rings is 1. The highest BCUT2D eigenvalue weighted by molar-refractivity contribution is 7.09. The van der Waals surface area contributed by atoms with Crippen molar-refractivity contribution < 1.29 is 0 Å². The zero-order valence-electron chi connectivity index (χ0n) is 10.6. The van der Waals surface area contributed by atoms with Crippen molar-refractivity contribution in [3.05, 3.63) is 40.7 Å². The molecule has 0 saturated heterocycles. The van der Waals surface area contributed by atoms with Crippen LogP contribution in [0.5, 0.6) is 0 Å². The molecule has 96 valence electrons. The van der Waals surface area contributed by atoms with Crippen LogP contribution < -0.4 is 5.32 Å². The fourth-order valence-corrected chi connectivity index (χ4v) is 2.47. The molecule has 2 aromatic rings. The number of hydrogen-bond acceptors (Lipinski definition) is 4. The first-order chi connectivity index (χ1) is 8.56. The van der Waals surface area contributed by atoms with Crippen LogP contribution in [0, 0.1) is 0 Å². The number of nitrogens with one attached hydrogen (secondary N) is 1. The van der Waals surface area contributed by atoms with Crippen LogP contribution in [0.1, 0.15) is 44.1 Å². The SMILES string of the molecule is CC(C)c1nsc(NC(C)c2ccc(Cl)cc2)n1. The van der Waals surface area contributed by atoms with Gasteiger partial charge in [0, 0.05) is 22.5 Å². The second-order valence-electron chi connectivity index (χ2n) is 4.53. The maximum atomic E-state index is 5.87. The molecular formula is C13H16ClN3S. The van der Waals surface area contributed by atoms with E-state index >= 15 is 0 Å². The summed E-state index contributed by atoms with van der Waals surface area (Å²) in [6, 6.07) is 8.02. The summed E-state index contributed by atoms with van der Waals surface area (Å²) in [5, 5.41) is 4.97. The Bertz CT molecular complexity index is 507. The van der Waals surface area contributed by atoms with E-state index in [1.807, 2.05) is 24.3 Å². The van der Waals surface area contributed by atoms with Crippen LogP contribution in [0.2, 0.25) is 5.02 Å². The van der Waals surface area contributed by atoms with Crippen molar-refractivity contribution in [2.75, 3.05) is 5.32 Å². The van der Waals surface area contributed by atoms with Crippen molar-refractivity contribution in [2.45, 2.75) is 32.7 Å². The molecule has 0 bridgehead atoms. The van der Waals surface area contributed by atoms with E-state index in [-0.39, 0.29) is 6.04 Å². The second kappa shape index (κ2) is 5.67. The third-order valence-electron chi connectivity index (χ3n) is 2.67. The molecule has 0 radical (unpaired) electrons. The quantitative estimate of drug-likeness (QED) is 0.897. The Hall–Kier alpha value is -1.13. The monoisotopic (exact) mass is 281 g/mol. The Morgan fingerprint density at radius 3 is 2.39 bits per heavy atom. The lowest BCUT2D eigenvalue weighted by atomic mass is 10.1. The van der Waals surface area contributed by atoms with Crippen molar-refractivity contribution in [1.29, 1.82) is 0 Å². The van der Waals surface area contributed by atoms with Crippen molar-refractivity contribution in [1.82, 2.24) is 9.36 Å². The maximum absolute atomic E-state index is 5.87. The van der Waals surface area contributed by atoms with Gasteiger partial charge in [-0.1, -0.05) is 37.6 Å². The van der Waals surface area contributed by atoms with E-state index in [1.165, 1.54) is 17.1 Å². The molecule has 0 spiro atoms. The molecule has 1 aromatic heterocycles. The van der Waals surface area contributed by atoms with E-state index in [1.54, 1.807) is 0 Å². The summed E-state index contributed by atoms with van der Waals surface area (Å²) >= 11 is 7.28. The molecule has 0 amide bonds. The van der Waals surface area contributed by atoms with Crippen molar-refractivity contribution >= 4 is 28.3 Å². The molecule has 1 N–H and O–H groups in total. The smallest absolute Gasteiger partial charge is 0.203 e. The van der Waals surface area contributed by atoms with Gasteiger partial charge < -0.3 is 5.32 Å². The number of nitrogens with zero attached hydrogens (tertiary/aromatic N) is 2. The van der Waals surface area contributed by atoms with Gasteiger partial charge in [-0.3, -0.25) is 0 Å². The minimum atomic E-state index is 0.190. The predicted octanol–water partition coefficient (Wildman–Crippen LogP) is 4.49. The number of anilines is 1. The van der Waals surface area contributed by atoms with Crippen LogP contribution in [0.4, 0.5) is 5.13 Å². The zero-order chi connectivity index (χ0) is 13.1. The molecule has 1 heterocycles. The summed E-state index contributed by atoms with van der Waals surface area (Å²) in [6.45, 7) is 6.28. The van der Waals surface area contributed by atoms with Crippen molar-refractivity contribution in [3.63, 3.8) is 0 Å². The minimum Gasteiger partial charge on any atom is -0.354 e. The summed E-state index contributed by atoms with van der Waals surface area (Å²) in [5.41, 5.74) is 1.18. The molecule has 18 heavy (non-hydrogen) atoms. The van der Waals surface area contributed by atoms with Crippen LogP contribution in [0.15, 0.2) is 24.3 Å². The van der Waals surface area contributed by atoms with Gasteiger partial charge >= 0.3 is 0 Å². The summed E-state index contributed by atoms with van der Waals surface area (Å²) in [7, 11) is 0. The van der Waals surface area contributed by atoms with Crippen molar-refractivity contribution in [2.24, 2.45) is 0 Å². The summed E-state index contributed by atoms with van der Waals surface area (Å²) in [6.07, 6.45) is 0. The van der Waals surface area contributed by atoms with E-state index in [0.717, 1.165) is 16.0 Å². The number of rotatable bonds is 4. The van der Waals surface area contributed by atoms with Gasteiger partial charge in [-0.05, 0) is 24.6 Å². The average Bonchev–Trinajstić information content (AvgIpc) is 2.78. The van der Waals surface area contributed by atoms with E-state index in [9.17, 15) is 0 Å². The molecule has 3 nitrogen and oxygen atoms in total. The first kappa shape index (κ1) is 13.3. The first-order valence-electron chi connectivity index (χ1n) is 5.92. The lowest BCUT2D eigenvalue weighted by molar-refractivity contribution is 0.795. The van der Waals surface area contributed by atoms with E-state index < -0.39 is 0 Å². The van der Waals surface area contributed by atoms with Crippen LogP contribution in [0.25, 0.3) is 0 Å². The van der Waals surface area contributed by atoms with E-state index in [0.29, 0.717) is 5.92 Å². The fourth-order valence-electron chi connectivity index (χ4n) is 1.55. The van der Waals surface area contributed by atoms with Gasteiger partial charge in [0.2, 0.25) is 5.13 Å². The van der Waals surface area contributed by atoms with E-state index in [4.69, 9.17) is 11.6 Å². The summed E-state index contributed by atoms with van der Waals surface area (Å²) in [5.74, 6) is 1.26. The molecule has 0 aliphatic carbocycles. The third-order valence-corrected chi connectivity index (χ3v) is 3.58. The normalized spacial score (nSPS) is 12.7. The molecular weight excluding hydrogens is 266 g/mol. The van der Waals surface area contributed by atoms with Gasteiger partial charge in [-0.15, -0.1) is 0 Å². The highest BCUT2D eigenvalue weighted by Crippen LogP contribution is 2.23. The lowest BCUT2D eigenvalue weighted by Crippen LogP contribution is -2.06. The first-order valence-corrected chi connectivity index (χ1v) is 7.07. The Labute approximate surface area is 116 Å². The number of aromatic nitrogens is 2. The van der Waals surface area contributed by atoms with Gasteiger partial charge in [0.25, 0.3) is 0 Å². The van der Waals surface area contributed by atoms with Gasteiger partial charge in [0.05, 0.1) is 6.04 Å². The molecule has 1 unspecified atom stereocenters. The number of halogens is 1. The molecule has 2 rings (SSSR count). The Kier molecular flexibility index (Phi) is 4.19. The fraction of sp³-hybridized carbons (Fsp3) is 0.385. The highest BCUT2D eigenvalue weighted by atomic mass is 35.5. The molecule has 0 aliphatic rings. The van der Waals surface area contributed by atoms with Crippen LogP contribution in [0.3, 0.4) is 0 Å². The predicted molar refractivity (Wildman–Crippen MR) is 77.5 cm³/mol. The van der Waals surface area contributed by atoms with Crippen LogP contribution >= 0.6 is 23.1 Å². The van der Waals surface area contributed by atoms with Crippen LogP contribution in [-0.2, 0) is 0 Å². The molecule has 0 saturated carbocycles. The molecule has 0 fully saturated rings. The molecule has 1 aromatic carbocycles. The van der Waals surface area contributed by atoms with Gasteiger partial charge in [0.1, 0.15) is 5.82 Å². The van der Waals surface area contributed by atoms with Gasteiger partial charge in [-0.25, -0.2) is 4.98 Å². The number of hydrogen-bond donors (Lipinski definition) is 1. The zero-order valence-corrected chi connectivity index (χ0v) is 12.2.